The molecule has 3 nitrogen and oxygen atoms in total. The van der Waals surface area contributed by atoms with Crippen molar-refractivity contribution in [2.45, 2.75) is 17.9 Å². The first-order valence-corrected chi connectivity index (χ1v) is 11.4. The van der Waals surface area contributed by atoms with Gasteiger partial charge >= 0.3 is 0 Å². The van der Waals surface area contributed by atoms with Crippen LogP contribution in [0.15, 0.2) is 83.8 Å². The molecule has 0 bridgehead atoms. The predicted molar refractivity (Wildman–Crippen MR) is 115 cm³/mol. The number of halogens is 1. The van der Waals surface area contributed by atoms with Gasteiger partial charge in [-0.3, -0.25) is 0 Å². The van der Waals surface area contributed by atoms with Crippen LogP contribution in [-0.4, -0.2) is 20.7 Å². The van der Waals surface area contributed by atoms with Crippen molar-refractivity contribution in [3.8, 4) is 0 Å². The minimum Gasteiger partial charge on any atom is -0.367 e. The van der Waals surface area contributed by atoms with Crippen LogP contribution in [0, 0.1) is 5.92 Å². The van der Waals surface area contributed by atoms with Crippen molar-refractivity contribution in [1.82, 2.24) is 0 Å². The second-order valence-corrected chi connectivity index (χ2v) is 9.77. The Morgan fingerprint density at radius 1 is 0.929 bits per heavy atom. The summed E-state index contributed by atoms with van der Waals surface area (Å²) in [5.41, 5.74) is 3.46. The molecule has 1 aliphatic heterocycles. The molecule has 0 saturated heterocycles. The normalized spacial score (nSPS) is 16.6. The molecule has 3 aromatic rings. The Bertz CT molecular complexity index is 1050. The van der Waals surface area contributed by atoms with Crippen LogP contribution in [0.25, 0.3) is 0 Å². The Hall–Kier alpha value is -2.30. The van der Waals surface area contributed by atoms with Crippen LogP contribution in [0.2, 0.25) is 5.02 Å². The summed E-state index contributed by atoms with van der Waals surface area (Å²) in [4.78, 5) is 2.66. The van der Waals surface area contributed by atoms with E-state index in [0.29, 0.717) is 22.9 Å². The van der Waals surface area contributed by atoms with Gasteiger partial charge < -0.3 is 4.90 Å². The number of fused-ring (bicyclic) bond motifs is 1. The first-order chi connectivity index (χ1) is 13.5. The average Bonchev–Trinajstić information content (AvgIpc) is 2.69. The minimum absolute atomic E-state index is 0.0138. The number of rotatable bonds is 5. The molecule has 0 N–H and O–H groups in total. The molecule has 1 aliphatic rings. The van der Waals surface area contributed by atoms with Crippen LogP contribution < -0.4 is 4.90 Å². The molecule has 1 heterocycles. The summed E-state index contributed by atoms with van der Waals surface area (Å²) in [6.07, 6.45) is 0.716. The van der Waals surface area contributed by atoms with Gasteiger partial charge in [-0.05, 0) is 53.8 Å². The van der Waals surface area contributed by atoms with Gasteiger partial charge in [0, 0.05) is 23.8 Å². The fraction of sp³-hybridized carbons (Fsp3) is 0.217. The van der Waals surface area contributed by atoms with E-state index in [1.54, 1.807) is 24.3 Å². The Labute approximate surface area is 171 Å². The van der Waals surface area contributed by atoms with Crippen molar-refractivity contribution < 1.29 is 8.42 Å². The Kier molecular flexibility index (Phi) is 5.42. The Morgan fingerprint density at radius 3 is 2.32 bits per heavy atom. The van der Waals surface area contributed by atoms with Crippen LogP contribution in [0.4, 0.5) is 5.69 Å². The van der Waals surface area contributed by atoms with Crippen molar-refractivity contribution in [3.63, 3.8) is 0 Å². The molecule has 0 amide bonds. The summed E-state index contributed by atoms with van der Waals surface area (Å²) in [5, 5.41) is 0.685. The van der Waals surface area contributed by atoms with Crippen LogP contribution in [0.1, 0.15) is 11.1 Å². The third kappa shape index (κ3) is 4.23. The molecule has 0 saturated carbocycles. The summed E-state index contributed by atoms with van der Waals surface area (Å²) in [5.74, 6) is 0.147. The zero-order valence-corrected chi connectivity index (χ0v) is 17.0. The molecule has 5 heteroatoms. The summed E-state index contributed by atoms with van der Waals surface area (Å²) >= 11 is 6.22. The topological polar surface area (TPSA) is 37.4 Å². The van der Waals surface area contributed by atoms with Gasteiger partial charge in [-0.15, -0.1) is 0 Å². The summed E-state index contributed by atoms with van der Waals surface area (Å²) < 4.78 is 25.8. The van der Waals surface area contributed by atoms with E-state index in [0.717, 1.165) is 17.8 Å². The maximum Gasteiger partial charge on any atom is 0.178 e. The number of hydrogen-bond acceptors (Lipinski definition) is 3. The predicted octanol–water partition coefficient (Wildman–Crippen LogP) is 4.99. The van der Waals surface area contributed by atoms with Crippen LogP contribution in [0.5, 0.6) is 0 Å². The zero-order chi connectivity index (χ0) is 19.6. The lowest BCUT2D eigenvalue weighted by atomic mass is 9.93. The standard InChI is InChI=1S/C23H22ClNO2S/c24-21-11-12-23-20(14-21)13-19(16-25(23)15-18-7-3-1-4-8-18)17-28(26,27)22-9-5-2-6-10-22/h1-12,14,19H,13,15-17H2. The monoisotopic (exact) mass is 411 g/mol. The van der Waals surface area contributed by atoms with E-state index in [-0.39, 0.29) is 11.7 Å². The molecule has 3 aromatic carbocycles. The maximum absolute atomic E-state index is 12.9. The molecule has 0 spiro atoms. The highest BCUT2D eigenvalue weighted by atomic mass is 35.5. The molecule has 1 unspecified atom stereocenters. The van der Waals surface area contributed by atoms with Crippen LogP contribution in [-0.2, 0) is 22.8 Å². The van der Waals surface area contributed by atoms with Gasteiger partial charge in [0.05, 0.1) is 10.6 Å². The molecule has 0 aliphatic carbocycles. The molecule has 0 fully saturated rings. The van der Waals surface area contributed by atoms with E-state index in [1.165, 1.54) is 5.56 Å². The highest BCUT2D eigenvalue weighted by Gasteiger charge is 2.29. The van der Waals surface area contributed by atoms with E-state index in [2.05, 4.69) is 17.0 Å². The number of anilines is 1. The highest BCUT2D eigenvalue weighted by Crippen LogP contribution is 2.34. The Balaban J connectivity index is 1.62. The van der Waals surface area contributed by atoms with Crippen LogP contribution in [0.3, 0.4) is 0 Å². The van der Waals surface area contributed by atoms with Crippen molar-refractivity contribution in [2.75, 3.05) is 17.2 Å². The lowest BCUT2D eigenvalue weighted by molar-refractivity contribution is 0.516. The third-order valence-electron chi connectivity index (χ3n) is 5.14. The van der Waals surface area contributed by atoms with Crippen molar-refractivity contribution in [1.29, 1.82) is 0 Å². The lowest BCUT2D eigenvalue weighted by Crippen LogP contribution is -2.38. The number of sulfone groups is 1. The highest BCUT2D eigenvalue weighted by molar-refractivity contribution is 7.91. The fourth-order valence-electron chi connectivity index (χ4n) is 3.91. The van der Waals surface area contributed by atoms with Gasteiger partial charge in [-0.1, -0.05) is 60.1 Å². The zero-order valence-electron chi connectivity index (χ0n) is 15.5. The fourth-order valence-corrected chi connectivity index (χ4v) is 5.71. The molecular weight excluding hydrogens is 390 g/mol. The molecule has 1 atom stereocenters. The molecule has 144 valence electrons. The van der Waals surface area contributed by atoms with Crippen LogP contribution >= 0.6 is 11.6 Å². The molecule has 0 aromatic heterocycles. The van der Waals surface area contributed by atoms with E-state index in [4.69, 9.17) is 11.6 Å². The largest absolute Gasteiger partial charge is 0.367 e. The summed E-state index contributed by atoms with van der Waals surface area (Å²) in [6.45, 7) is 1.45. The van der Waals surface area contributed by atoms with Gasteiger partial charge in [0.25, 0.3) is 0 Å². The Morgan fingerprint density at radius 2 is 1.61 bits per heavy atom. The van der Waals surface area contributed by atoms with Gasteiger partial charge in [0.2, 0.25) is 0 Å². The molecule has 28 heavy (non-hydrogen) atoms. The van der Waals surface area contributed by atoms with E-state index in [9.17, 15) is 8.42 Å². The van der Waals surface area contributed by atoms with Crippen molar-refractivity contribution in [3.05, 3.63) is 95.0 Å². The van der Waals surface area contributed by atoms with E-state index >= 15 is 0 Å². The van der Waals surface area contributed by atoms with E-state index in [1.807, 2.05) is 42.5 Å². The van der Waals surface area contributed by atoms with Gasteiger partial charge in [0.15, 0.2) is 9.84 Å². The minimum atomic E-state index is -3.33. The lowest BCUT2D eigenvalue weighted by Gasteiger charge is -2.36. The number of benzene rings is 3. The second kappa shape index (κ2) is 7.98. The number of hydrogen-bond donors (Lipinski definition) is 0. The quantitative estimate of drug-likeness (QED) is 0.593. The van der Waals surface area contributed by atoms with Crippen molar-refractivity contribution >= 4 is 27.1 Å². The van der Waals surface area contributed by atoms with Gasteiger partial charge in [0.1, 0.15) is 0 Å². The first kappa shape index (κ1) is 19.0. The first-order valence-electron chi connectivity index (χ1n) is 9.36. The molecule has 4 rings (SSSR count). The maximum atomic E-state index is 12.9. The van der Waals surface area contributed by atoms with Gasteiger partial charge in [-0.2, -0.15) is 0 Å². The van der Waals surface area contributed by atoms with Gasteiger partial charge in [-0.25, -0.2) is 8.42 Å². The second-order valence-electron chi connectivity index (χ2n) is 7.30. The number of nitrogens with zero attached hydrogens (tertiary/aromatic N) is 1. The smallest absolute Gasteiger partial charge is 0.178 e. The SMILES string of the molecule is O=S(=O)(CC1Cc2cc(Cl)ccc2N(Cc2ccccc2)C1)c1ccccc1. The summed E-state index contributed by atoms with van der Waals surface area (Å²) in [6, 6.07) is 24.9. The average molecular weight is 412 g/mol. The van der Waals surface area contributed by atoms with E-state index < -0.39 is 9.84 Å². The third-order valence-corrected chi connectivity index (χ3v) is 7.28. The molecule has 0 radical (unpaired) electrons. The molecular formula is C23H22ClNO2S. The van der Waals surface area contributed by atoms with Crippen molar-refractivity contribution in [2.24, 2.45) is 5.92 Å². The summed E-state index contributed by atoms with van der Waals surface area (Å²) in [7, 11) is -3.33.